The number of fused-ring (bicyclic) bond motifs is 2. The fraction of sp³-hybridized carbons (Fsp3) is 0.387. The van der Waals surface area contributed by atoms with E-state index in [-0.39, 0.29) is 81.6 Å². The summed E-state index contributed by atoms with van der Waals surface area (Å²) in [6.07, 6.45) is 0.396. The highest BCUT2D eigenvalue weighted by Gasteiger charge is 2.25. The maximum absolute atomic E-state index is 14.1. The van der Waals surface area contributed by atoms with Crippen LogP contribution in [0.3, 0.4) is 0 Å². The number of ether oxygens (including phenoxy) is 1. The molecule has 1 aliphatic rings. The third-order valence-corrected chi connectivity index (χ3v) is 7.39. The van der Waals surface area contributed by atoms with Crippen LogP contribution in [0.4, 0.5) is 4.39 Å². The Labute approximate surface area is 253 Å². The Morgan fingerprint density at radius 1 is 1.07 bits per heavy atom. The fourth-order valence-corrected chi connectivity index (χ4v) is 5.09. The minimum atomic E-state index is -1.16. The van der Waals surface area contributed by atoms with Crippen molar-refractivity contribution in [3.63, 3.8) is 0 Å². The Balaban J connectivity index is 1.53. The molecule has 2 aromatic carbocycles. The van der Waals surface area contributed by atoms with Crippen molar-refractivity contribution in [2.45, 2.75) is 45.1 Å². The summed E-state index contributed by atoms with van der Waals surface area (Å²) in [6.45, 7) is 2.50. The zero-order chi connectivity index (χ0) is 31.6. The van der Waals surface area contributed by atoms with Crippen molar-refractivity contribution >= 4 is 40.4 Å². The van der Waals surface area contributed by atoms with Gasteiger partial charge < -0.3 is 36.3 Å². The van der Waals surface area contributed by atoms with Crippen LogP contribution in [0, 0.1) is 12.7 Å². The zero-order valence-corrected chi connectivity index (χ0v) is 24.5. The lowest BCUT2D eigenvalue weighted by Gasteiger charge is -2.24. The lowest BCUT2D eigenvalue weighted by molar-refractivity contribution is -0.131. The van der Waals surface area contributed by atoms with E-state index in [4.69, 9.17) is 10.5 Å². The lowest BCUT2D eigenvalue weighted by atomic mass is 10.1. The number of aromatic nitrogens is 1. The largest absolute Gasteiger partial charge is 0.491 e. The van der Waals surface area contributed by atoms with Crippen molar-refractivity contribution in [3.05, 3.63) is 65.1 Å². The number of halogens is 1. The van der Waals surface area contributed by atoms with E-state index >= 15 is 0 Å². The molecule has 0 spiro atoms. The molecule has 1 atom stereocenters. The monoisotopic (exact) mass is 608 g/mol. The quantitative estimate of drug-likeness (QED) is 0.293. The molecule has 0 saturated carbocycles. The maximum atomic E-state index is 14.1. The Morgan fingerprint density at radius 2 is 1.86 bits per heavy atom. The van der Waals surface area contributed by atoms with Crippen molar-refractivity contribution in [1.29, 1.82) is 0 Å². The maximum Gasteiger partial charge on any atom is 0.255 e. The third kappa shape index (κ3) is 8.55. The van der Waals surface area contributed by atoms with E-state index in [0.29, 0.717) is 6.42 Å². The number of para-hydroxylation sites is 1. The summed E-state index contributed by atoms with van der Waals surface area (Å²) < 4.78 is 19.7. The van der Waals surface area contributed by atoms with Gasteiger partial charge in [0.1, 0.15) is 24.2 Å². The van der Waals surface area contributed by atoms with E-state index in [0.717, 1.165) is 34.3 Å². The van der Waals surface area contributed by atoms with Crippen LogP contribution in [-0.2, 0) is 25.6 Å². The minimum absolute atomic E-state index is 0.00216. The van der Waals surface area contributed by atoms with Crippen LogP contribution >= 0.6 is 0 Å². The number of hydrogen-bond donors (Lipinski definition) is 5. The molecule has 1 aliphatic heterocycles. The van der Waals surface area contributed by atoms with Gasteiger partial charge in [-0.1, -0.05) is 18.2 Å². The predicted octanol–water partition coefficient (Wildman–Crippen LogP) is 1.46. The number of carbonyl (C=O) groups is 5. The van der Waals surface area contributed by atoms with E-state index in [2.05, 4.69) is 20.9 Å². The topological polar surface area (TPSA) is 176 Å². The van der Waals surface area contributed by atoms with Gasteiger partial charge in [0.25, 0.3) is 5.91 Å². The first-order chi connectivity index (χ1) is 21.1. The average molecular weight is 609 g/mol. The number of benzene rings is 2. The third-order valence-electron chi connectivity index (χ3n) is 7.39. The van der Waals surface area contributed by atoms with Crippen molar-refractivity contribution in [3.8, 4) is 5.75 Å². The first kappa shape index (κ1) is 32.0. The first-order valence-corrected chi connectivity index (χ1v) is 14.5. The smallest absolute Gasteiger partial charge is 0.255 e. The number of amides is 5. The van der Waals surface area contributed by atoms with Gasteiger partial charge in [-0.15, -0.1) is 0 Å². The molecule has 2 heterocycles. The van der Waals surface area contributed by atoms with Crippen LogP contribution in [0.25, 0.3) is 10.9 Å². The molecule has 12 nitrogen and oxygen atoms in total. The summed E-state index contributed by atoms with van der Waals surface area (Å²) in [5.74, 6) is -3.09. The molecule has 13 heteroatoms. The molecule has 3 aromatic rings. The van der Waals surface area contributed by atoms with Crippen molar-refractivity contribution in [1.82, 2.24) is 25.8 Å². The molecule has 234 valence electrons. The van der Waals surface area contributed by atoms with Gasteiger partial charge in [-0.05, 0) is 49.6 Å². The van der Waals surface area contributed by atoms with E-state index in [9.17, 15) is 28.4 Å². The summed E-state index contributed by atoms with van der Waals surface area (Å²) in [5, 5.41) is 8.95. The van der Waals surface area contributed by atoms with E-state index in [1.54, 1.807) is 4.90 Å². The average Bonchev–Trinajstić information content (AvgIpc) is 3.30. The fourth-order valence-electron chi connectivity index (χ4n) is 5.09. The van der Waals surface area contributed by atoms with Crippen molar-refractivity contribution in [2.75, 3.05) is 32.8 Å². The van der Waals surface area contributed by atoms with E-state index in [1.807, 2.05) is 31.2 Å². The van der Waals surface area contributed by atoms with Crippen molar-refractivity contribution < 1.29 is 33.1 Å². The number of H-pyrrole nitrogens is 1. The number of nitrogens with one attached hydrogen (secondary N) is 4. The second kappa shape index (κ2) is 15.0. The number of rotatable bonds is 5. The zero-order valence-electron chi connectivity index (χ0n) is 24.5. The summed E-state index contributed by atoms with van der Waals surface area (Å²) in [7, 11) is 0. The van der Waals surface area contributed by atoms with Gasteiger partial charge in [0.15, 0.2) is 0 Å². The number of nitrogens with zero attached hydrogens (tertiary/aromatic N) is 1. The van der Waals surface area contributed by atoms with Crippen LogP contribution in [0.2, 0.25) is 0 Å². The highest BCUT2D eigenvalue weighted by molar-refractivity contribution is 6.00. The molecule has 0 unspecified atom stereocenters. The molecule has 0 saturated heterocycles. The lowest BCUT2D eigenvalue weighted by Crippen LogP contribution is -2.49. The summed E-state index contributed by atoms with van der Waals surface area (Å²) in [4.78, 5) is 68.6. The Bertz CT molecular complexity index is 1540. The molecule has 44 heavy (non-hydrogen) atoms. The molecular formula is C31H37FN6O6. The molecule has 1 aromatic heterocycles. The van der Waals surface area contributed by atoms with Gasteiger partial charge in [0.05, 0.1) is 18.5 Å². The van der Waals surface area contributed by atoms with Crippen LogP contribution in [-0.4, -0.2) is 78.2 Å². The van der Waals surface area contributed by atoms with Gasteiger partial charge in [-0.3, -0.25) is 24.0 Å². The number of nitrogens with two attached hydrogens (primary N) is 1. The number of primary amides is 1. The number of carbonyl (C=O) groups excluding carboxylic acids is 5. The molecule has 0 radical (unpaired) electrons. The Hall–Kier alpha value is -4.94. The van der Waals surface area contributed by atoms with Gasteiger partial charge >= 0.3 is 0 Å². The Kier molecular flexibility index (Phi) is 10.9. The summed E-state index contributed by atoms with van der Waals surface area (Å²) in [6, 6.07) is 9.92. The normalized spacial score (nSPS) is 17.4. The molecule has 0 fully saturated rings. The Morgan fingerprint density at radius 3 is 2.66 bits per heavy atom. The summed E-state index contributed by atoms with van der Waals surface area (Å²) >= 11 is 0. The molecule has 0 bridgehead atoms. The standard InChI is InChI=1S/C31H37FN6O6/c1-19-22(21-5-2-3-6-24(21)36-19)18-29(41)38-14-4-7-28(40)34-13-16-44-26-10-8-20(32)17-23(26)30(42)37-25(9-11-27(33)39)31(43)35-12-15-38/h2-3,5-6,8,10,17,25,36H,4,7,9,11-16,18H2,1H3,(H2,33,39)(H,34,40)(H,35,43)(H,37,42)/t25-/m0/s1. The molecule has 6 N–H and O–H groups in total. The predicted molar refractivity (Wildman–Crippen MR) is 160 cm³/mol. The van der Waals surface area contributed by atoms with Gasteiger partial charge in [-0.25, -0.2) is 4.39 Å². The van der Waals surface area contributed by atoms with Crippen LogP contribution < -0.4 is 26.4 Å². The minimum Gasteiger partial charge on any atom is -0.491 e. The molecule has 0 aliphatic carbocycles. The van der Waals surface area contributed by atoms with Gasteiger partial charge in [0.2, 0.25) is 23.6 Å². The molecular weight excluding hydrogens is 571 g/mol. The van der Waals surface area contributed by atoms with Crippen LogP contribution in [0.5, 0.6) is 5.75 Å². The van der Waals surface area contributed by atoms with Gasteiger partial charge in [-0.2, -0.15) is 0 Å². The highest BCUT2D eigenvalue weighted by Crippen LogP contribution is 2.23. The second-order valence-corrected chi connectivity index (χ2v) is 10.6. The van der Waals surface area contributed by atoms with Gasteiger partial charge in [0, 0.05) is 49.1 Å². The molecule has 4 rings (SSSR count). The second-order valence-electron chi connectivity index (χ2n) is 10.6. The highest BCUT2D eigenvalue weighted by atomic mass is 19.1. The number of aryl methyl sites for hydroxylation is 1. The van der Waals surface area contributed by atoms with Crippen LogP contribution in [0.1, 0.15) is 47.3 Å². The SMILES string of the molecule is Cc1[nH]c2ccccc2c1CC(=O)N1CCCC(=O)NCCOc2ccc(F)cc2C(=O)N[C@@H](CCC(N)=O)C(=O)NCC1. The van der Waals surface area contributed by atoms with Crippen molar-refractivity contribution in [2.24, 2.45) is 5.73 Å². The number of aromatic amines is 1. The summed E-state index contributed by atoms with van der Waals surface area (Å²) in [5.41, 5.74) is 7.81. The first-order valence-electron chi connectivity index (χ1n) is 14.5. The van der Waals surface area contributed by atoms with Crippen LogP contribution in [0.15, 0.2) is 42.5 Å². The molecule has 5 amide bonds. The van der Waals surface area contributed by atoms with E-state index in [1.165, 1.54) is 6.07 Å². The number of hydrogen-bond acceptors (Lipinski definition) is 6. The van der Waals surface area contributed by atoms with E-state index < -0.39 is 29.6 Å².